The first-order valence-electron chi connectivity index (χ1n) is 10.4. The molecule has 1 aliphatic carbocycles. The number of benzene rings is 2. The molecule has 4 aromatic rings. The van der Waals surface area contributed by atoms with Crippen LogP contribution in [0.1, 0.15) is 11.1 Å². The van der Waals surface area contributed by atoms with Crippen molar-refractivity contribution >= 4 is 51.7 Å². The molecule has 0 spiro atoms. The van der Waals surface area contributed by atoms with E-state index in [4.69, 9.17) is 28.9 Å². The standard InChI is InChI=1S/C23H21Cl2N7O/c1-31(2)15-9-12-6-7-14(8-13(12)10-15)28-22-27-11-16-20(26)32(23(33)30-21(16)29-22)19-17(24)4-3-5-18(19)25/h3-8,11,15H,9-10,26H2,1-2H3,(H,28,29,30,33)/t15-/m1/s1. The second-order valence-electron chi connectivity index (χ2n) is 8.25. The van der Waals surface area contributed by atoms with Gasteiger partial charge in [0.1, 0.15) is 5.82 Å². The number of nitrogens with zero attached hydrogens (tertiary/aromatic N) is 5. The van der Waals surface area contributed by atoms with Gasteiger partial charge in [-0.3, -0.25) is 0 Å². The summed E-state index contributed by atoms with van der Waals surface area (Å²) >= 11 is 12.5. The largest absolute Gasteiger partial charge is 0.384 e. The molecule has 8 nitrogen and oxygen atoms in total. The first-order valence-corrected chi connectivity index (χ1v) is 11.1. The fraction of sp³-hybridized carbons (Fsp3) is 0.217. The minimum absolute atomic E-state index is 0.110. The second-order valence-corrected chi connectivity index (χ2v) is 9.06. The molecule has 0 fully saturated rings. The molecule has 2 aromatic heterocycles. The van der Waals surface area contributed by atoms with E-state index in [1.807, 2.05) is 6.07 Å². The number of nitrogens with two attached hydrogens (primary N) is 1. The van der Waals surface area contributed by atoms with Gasteiger partial charge in [0.15, 0.2) is 5.65 Å². The number of nitrogens with one attached hydrogen (secondary N) is 1. The van der Waals surface area contributed by atoms with Crippen molar-refractivity contribution in [3.8, 4) is 5.69 Å². The summed E-state index contributed by atoms with van der Waals surface area (Å²) in [5.41, 5.74) is 9.65. The van der Waals surface area contributed by atoms with Gasteiger partial charge in [-0.1, -0.05) is 35.3 Å². The highest BCUT2D eigenvalue weighted by Crippen LogP contribution is 2.31. The second kappa shape index (κ2) is 8.30. The van der Waals surface area contributed by atoms with Crippen LogP contribution in [-0.4, -0.2) is 44.6 Å². The fourth-order valence-electron chi connectivity index (χ4n) is 4.15. The smallest absolute Gasteiger partial charge is 0.355 e. The van der Waals surface area contributed by atoms with Crippen molar-refractivity contribution in [1.82, 2.24) is 24.4 Å². The van der Waals surface area contributed by atoms with Gasteiger partial charge in [-0.2, -0.15) is 9.97 Å². The number of anilines is 3. The van der Waals surface area contributed by atoms with Gasteiger partial charge in [0.2, 0.25) is 5.95 Å². The third-order valence-corrected chi connectivity index (χ3v) is 6.55. The fourth-order valence-corrected chi connectivity index (χ4v) is 4.72. The highest BCUT2D eigenvalue weighted by Gasteiger charge is 2.23. The maximum atomic E-state index is 12.8. The van der Waals surface area contributed by atoms with Crippen molar-refractivity contribution in [1.29, 1.82) is 0 Å². The van der Waals surface area contributed by atoms with Gasteiger partial charge in [-0.25, -0.2) is 14.3 Å². The average molecular weight is 482 g/mol. The number of nitrogen functional groups attached to an aromatic ring is 1. The highest BCUT2D eigenvalue weighted by atomic mass is 35.5. The van der Waals surface area contributed by atoms with Gasteiger partial charge in [0.05, 0.1) is 21.1 Å². The number of rotatable bonds is 4. The molecule has 0 radical (unpaired) electrons. The zero-order valence-corrected chi connectivity index (χ0v) is 19.5. The first-order chi connectivity index (χ1) is 15.8. The van der Waals surface area contributed by atoms with E-state index in [0.717, 1.165) is 18.5 Å². The Morgan fingerprint density at radius 1 is 1.09 bits per heavy atom. The van der Waals surface area contributed by atoms with Gasteiger partial charge in [-0.05, 0) is 62.3 Å². The molecule has 1 atom stereocenters. The van der Waals surface area contributed by atoms with E-state index in [1.165, 1.54) is 21.9 Å². The lowest BCUT2D eigenvalue weighted by Gasteiger charge is -2.17. The quantitative estimate of drug-likeness (QED) is 0.456. The van der Waals surface area contributed by atoms with Crippen LogP contribution in [0.15, 0.2) is 47.4 Å². The van der Waals surface area contributed by atoms with E-state index < -0.39 is 5.69 Å². The monoisotopic (exact) mass is 481 g/mol. The van der Waals surface area contributed by atoms with Crippen molar-refractivity contribution in [2.45, 2.75) is 18.9 Å². The summed E-state index contributed by atoms with van der Waals surface area (Å²) in [6.07, 6.45) is 3.57. The molecule has 0 bridgehead atoms. The summed E-state index contributed by atoms with van der Waals surface area (Å²) in [7, 11) is 4.20. The lowest BCUT2D eigenvalue weighted by Crippen LogP contribution is -2.27. The van der Waals surface area contributed by atoms with Crippen LogP contribution >= 0.6 is 23.2 Å². The predicted octanol–water partition coefficient (Wildman–Crippen LogP) is 3.84. The number of hydrogen-bond acceptors (Lipinski definition) is 7. The van der Waals surface area contributed by atoms with Crippen molar-refractivity contribution in [3.05, 3.63) is 74.3 Å². The van der Waals surface area contributed by atoms with E-state index in [0.29, 0.717) is 17.4 Å². The Labute approximate surface area is 200 Å². The molecular weight excluding hydrogens is 461 g/mol. The number of para-hydroxylation sites is 1. The predicted molar refractivity (Wildman–Crippen MR) is 132 cm³/mol. The van der Waals surface area contributed by atoms with E-state index in [1.54, 1.807) is 18.2 Å². The molecule has 168 valence electrons. The number of fused-ring (bicyclic) bond motifs is 2. The van der Waals surface area contributed by atoms with Crippen LogP contribution < -0.4 is 16.7 Å². The normalized spacial score (nSPS) is 15.2. The molecule has 0 saturated heterocycles. The third-order valence-electron chi connectivity index (χ3n) is 5.94. The molecular formula is C23H21Cl2N7O. The minimum Gasteiger partial charge on any atom is -0.384 e. The number of halogens is 2. The Balaban J connectivity index is 1.50. The zero-order chi connectivity index (χ0) is 23.3. The van der Waals surface area contributed by atoms with Crippen LogP contribution in [0.4, 0.5) is 17.5 Å². The Hall–Kier alpha value is -3.20. The lowest BCUT2D eigenvalue weighted by atomic mass is 10.1. The summed E-state index contributed by atoms with van der Waals surface area (Å²) in [4.78, 5) is 27.9. The van der Waals surface area contributed by atoms with Gasteiger partial charge < -0.3 is 16.0 Å². The minimum atomic E-state index is -0.632. The highest BCUT2D eigenvalue weighted by molar-refractivity contribution is 6.37. The maximum Gasteiger partial charge on any atom is 0.355 e. The van der Waals surface area contributed by atoms with Crippen LogP contribution in [0.3, 0.4) is 0 Å². The lowest BCUT2D eigenvalue weighted by molar-refractivity contribution is 0.303. The summed E-state index contributed by atoms with van der Waals surface area (Å²) in [6.45, 7) is 0. The first kappa shape index (κ1) is 21.6. The topological polar surface area (TPSA) is 102 Å². The molecule has 33 heavy (non-hydrogen) atoms. The summed E-state index contributed by atoms with van der Waals surface area (Å²) < 4.78 is 1.17. The van der Waals surface area contributed by atoms with Gasteiger partial charge >= 0.3 is 5.69 Å². The molecule has 1 aliphatic rings. The van der Waals surface area contributed by atoms with E-state index in [-0.39, 0.29) is 27.2 Å². The van der Waals surface area contributed by atoms with Gasteiger partial charge in [0, 0.05) is 17.9 Å². The Morgan fingerprint density at radius 2 is 1.82 bits per heavy atom. The summed E-state index contributed by atoms with van der Waals surface area (Å²) in [5.74, 6) is 0.434. The van der Waals surface area contributed by atoms with Gasteiger partial charge in [-0.15, -0.1) is 0 Å². The summed E-state index contributed by atoms with van der Waals surface area (Å²) in [6, 6.07) is 11.7. The Kier molecular flexibility index (Phi) is 5.44. The van der Waals surface area contributed by atoms with Crippen molar-refractivity contribution < 1.29 is 0 Å². The Bertz CT molecular complexity index is 1430. The van der Waals surface area contributed by atoms with Crippen molar-refractivity contribution in [3.63, 3.8) is 0 Å². The number of likely N-dealkylation sites (N-methyl/N-ethyl adjacent to an activating group) is 1. The van der Waals surface area contributed by atoms with Crippen molar-refractivity contribution in [2.75, 3.05) is 25.1 Å². The SMILES string of the molecule is CN(C)[C@@H]1Cc2ccc(Nc3ncc4c(N)n(-c5c(Cl)cccc5Cl)c(=O)nc4n3)cc2C1. The van der Waals surface area contributed by atoms with Crippen molar-refractivity contribution in [2.24, 2.45) is 0 Å². The van der Waals surface area contributed by atoms with Crippen LogP contribution in [0.5, 0.6) is 0 Å². The maximum absolute atomic E-state index is 12.8. The molecule has 0 amide bonds. The van der Waals surface area contributed by atoms with E-state index >= 15 is 0 Å². The number of aromatic nitrogens is 4. The molecule has 2 aromatic carbocycles. The molecule has 10 heteroatoms. The Morgan fingerprint density at radius 3 is 2.55 bits per heavy atom. The van der Waals surface area contributed by atoms with E-state index in [9.17, 15) is 4.79 Å². The van der Waals surface area contributed by atoms with E-state index in [2.05, 4.69) is 51.4 Å². The molecule has 0 aliphatic heterocycles. The zero-order valence-electron chi connectivity index (χ0n) is 18.0. The van der Waals surface area contributed by atoms with Crippen LogP contribution in [0.2, 0.25) is 10.0 Å². The van der Waals surface area contributed by atoms with Crippen LogP contribution in [0.25, 0.3) is 16.7 Å². The molecule has 5 rings (SSSR count). The molecule has 2 heterocycles. The molecule has 3 N–H and O–H groups in total. The number of hydrogen-bond donors (Lipinski definition) is 2. The molecule has 0 saturated carbocycles. The summed E-state index contributed by atoms with van der Waals surface area (Å²) in [5, 5.41) is 4.19. The van der Waals surface area contributed by atoms with Crippen LogP contribution in [0, 0.1) is 0 Å². The molecule has 0 unspecified atom stereocenters. The average Bonchev–Trinajstić information content (AvgIpc) is 3.19. The van der Waals surface area contributed by atoms with Gasteiger partial charge in [0.25, 0.3) is 0 Å². The van der Waals surface area contributed by atoms with Crippen LogP contribution in [-0.2, 0) is 12.8 Å². The third kappa shape index (κ3) is 3.90.